The van der Waals surface area contributed by atoms with Crippen LogP contribution in [0.1, 0.15) is 47.0 Å². The molecule has 0 saturated heterocycles. The molecule has 0 aromatic carbocycles. The molecule has 0 aromatic heterocycles. The van der Waals surface area contributed by atoms with Crippen LogP contribution in [0.25, 0.3) is 0 Å². The minimum absolute atomic E-state index is 0.00847. The van der Waals surface area contributed by atoms with Crippen LogP contribution in [0.2, 0.25) is 0 Å². The topological polar surface area (TPSA) is 46.5 Å². The van der Waals surface area contributed by atoms with Gasteiger partial charge < -0.3 is 9.84 Å². The summed E-state index contributed by atoms with van der Waals surface area (Å²) >= 11 is 0. The third-order valence-corrected chi connectivity index (χ3v) is 3.57. The third-order valence-electron chi connectivity index (χ3n) is 3.57. The Morgan fingerprint density at radius 3 is 2.44 bits per heavy atom. The van der Waals surface area contributed by atoms with E-state index in [9.17, 15) is 4.79 Å². The zero-order valence-electron chi connectivity index (χ0n) is 10.8. The average Bonchev–Trinajstić information content (AvgIpc) is 2.16. The Morgan fingerprint density at radius 2 is 1.94 bits per heavy atom. The molecule has 16 heavy (non-hydrogen) atoms. The van der Waals surface area contributed by atoms with E-state index in [1.54, 1.807) is 0 Å². The van der Waals surface area contributed by atoms with Crippen molar-refractivity contribution in [3.05, 3.63) is 0 Å². The molecule has 1 aliphatic carbocycles. The summed E-state index contributed by atoms with van der Waals surface area (Å²) in [5.41, 5.74) is 0. The zero-order chi connectivity index (χ0) is 12.3. The first-order valence-corrected chi connectivity index (χ1v) is 6.30. The number of carbonyl (C=O) groups is 1. The van der Waals surface area contributed by atoms with Gasteiger partial charge in [-0.3, -0.25) is 0 Å². The van der Waals surface area contributed by atoms with Crippen molar-refractivity contribution in [2.45, 2.75) is 59.2 Å². The molecule has 1 saturated carbocycles. The second-order valence-corrected chi connectivity index (χ2v) is 5.48. The number of hydrogen-bond acceptors (Lipinski definition) is 3. The van der Waals surface area contributed by atoms with Gasteiger partial charge in [0.15, 0.2) is 0 Å². The van der Waals surface area contributed by atoms with Gasteiger partial charge in [0, 0.05) is 0 Å². The molecule has 0 radical (unpaired) electrons. The van der Waals surface area contributed by atoms with Gasteiger partial charge in [-0.25, -0.2) is 4.79 Å². The third kappa shape index (κ3) is 3.48. The maximum atomic E-state index is 11.4. The Bertz CT molecular complexity index is 235. The molecule has 1 rings (SSSR count). The number of carbonyl (C=O) groups excluding carboxylic acids is 1. The van der Waals surface area contributed by atoms with E-state index in [0.717, 1.165) is 12.8 Å². The van der Waals surface area contributed by atoms with Gasteiger partial charge in [-0.1, -0.05) is 27.2 Å². The second kappa shape index (κ2) is 5.67. The first-order valence-electron chi connectivity index (χ1n) is 6.30. The van der Waals surface area contributed by atoms with Crippen LogP contribution in [0.4, 0.5) is 0 Å². The average molecular weight is 228 g/mol. The van der Waals surface area contributed by atoms with Gasteiger partial charge in [0.1, 0.15) is 12.2 Å². The Hall–Kier alpha value is -0.570. The molecular formula is C13H24O3. The zero-order valence-corrected chi connectivity index (χ0v) is 10.8. The van der Waals surface area contributed by atoms with Gasteiger partial charge in [-0.2, -0.15) is 0 Å². The van der Waals surface area contributed by atoms with E-state index >= 15 is 0 Å². The number of hydrogen-bond donors (Lipinski definition) is 1. The van der Waals surface area contributed by atoms with Gasteiger partial charge in [-0.05, 0) is 37.5 Å². The Kier molecular flexibility index (Phi) is 4.78. The van der Waals surface area contributed by atoms with Gasteiger partial charge >= 0.3 is 5.97 Å². The summed E-state index contributed by atoms with van der Waals surface area (Å²) in [6.07, 6.45) is 2.25. The normalized spacial score (nSPS) is 32.5. The van der Waals surface area contributed by atoms with Crippen molar-refractivity contribution in [3.63, 3.8) is 0 Å². The largest absolute Gasteiger partial charge is 0.460 e. The van der Waals surface area contributed by atoms with E-state index in [1.807, 2.05) is 0 Å². The summed E-state index contributed by atoms with van der Waals surface area (Å²) in [6.45, 7) is 7.99. The lowest BCUT2D eigenvalue weighted by atomic mass is 9.75. The Morgan fingerprint density at radius 1 is 1.31 bits per heavy atom. The number of ether oxygens (including phenoxy) is 1. The summed E-state index contributed by atoms with van der Waals surface area (Å²) in [7, 11) is 0. The van der Waals surface area contributed by atoms with Crippen LogP contribution in [-0.2, 0) is 9.53 Å². The van der Waals surface area contributed by atoms with Crippen LogP contribution in [0.5, 0.6) is 0 Å². The van der Waals surface area contributed by atoms with E-state index in [1.165, 1.54) is 13.3 Å². The monoisotopic (exact) mass is 228 g/mol. The van der Waals surface area contributed by atoms with Crippen molar-refractivity contribution in [2.75, 3.05) is 0 Å². The van der Waals surface area contributed by atoms with Gasteiger partial charge in [0.05, 0.1) is 0 Å². The van der Waals surface area contributed by atoms with E-state index < -0.39 is 12.1 Å². The van der Waals surface area contributed by atoms with Gasteiger partial charge in [0.2, 0.25) is 0 Å². The highest BCUT2D eigenvalue weighted by Crippen LogP contribution is 2.35. The highest BCUT2D eigenvalue weighted by atomic mass is 16.6. The lowest BCUT2D eigenvalue weighted by Crippen LogP contribution is -2.37. The number of rotatable bonds is 3. The summed E-state index contributed by atoms with van der Waals surface area (Å²) in [5, 5.41) is 9.17. The highest BCUT2D eigenvalue weighted by Gasteiger charge is 2.33. The number of aliphatic hydroxyl groups excluding tert-OH is 1. The van der Waals surface area contributed by atoms with Crippen molar-refractivity contribution >= 4 is 5.97 Å². The van der Waals surface area contributed by atoms with E-state index in [0.29, 0.717) is 17.8 Å². The molecule has 0 aliphatic heterocycles. The first-order chi connectivity index (χ1) is 7.41. The van der Waals surface area contributed by atoms with Crippen LogP contribution in [0, 0.1) is 17.8 Å². The molecule has 0 spiro atoms. The summed E-state index contributed by atoms with van der Waals surface area (Å²) in [4.78, 5) is 11.4. The quantitative estimate of drug-likeness (QED) is 0.754. The highest BCUT2D eigenvalue weighted by molar-refractivity contribution is 5.74. The van der Waals surface area contributed by atoms with Crippen molar-refractivity contribution < 1.29 is 14.6 Å². The maximum absolute atomic E-state index is 11.4. The second-order valence-electron chi connectivity index (χ2n) is 5.48. The minimum atomic E-state index is -1.01. The molecule has 0 unspecified atom stereocenters. The van der Waals surface area contributed by atoms with E-state index in [-0.39, 0.29) is 6.10 Å². The molecular weight excluding hydrogens is 204 g/mol. The smallest absolute Gasteiger partial charge is 0.334 e. The van der Waals surface area contributed by atoms with E-state index in [4.69, 9.17) is 9.84 Å². The molecule has 0 bridgehead atoms. The fraction of sp³-hybridized carbons (Fsp3) is 0.923. The summed E-state index contributed by atoms with van der Waals surface area (Å²) in [5.74, 6) is 1.10. The van der Waals surface area contributed by atoms with Crippen molar-refractivity contribution in [1.82, 2.24) is 0 Å². The van der Waals surface area contributed by atoms with E-state index in [2.05, 4.69) is 20.8 Å². The fourth-order valence-electron chi connectivity index (χ4n) is 2.50. The first kappa shape index (κ1) is 13.5. The summed E-state index contributed by atoms with van der Waals surface area (Å²) in [6, 6.07) is 0. The standard InChI is InChI=1S/C13H24O3/c1-8(2)11-6-5-9(3)7-12(11)16-13(15)10(4)14/h8-12,14H,5-7H2,1-4H3/t9-,10-,11+,12-/m1/s1. The molecule has 1 fully saturated rings. The SMILES string of the molecule is CC(C)[C@@H]1CC[C@@H](C)C[C@H]1OC(=O)[C@@H](C)O. The molecule has 94 valence electrons. The molecule has 3 heteroatoms. The Balaban J connectivity index is 2.61. The predicted molar refractivity (Wildman–Crippen MR) is 62.9 cm³/mol. The van der Waals surface area contributed by atoms with Crippen LogP contribution < -0.4 is 0 Å². The molecule has 0 heterocycles. The van der Waals surface area contributed by atoms with Crippen molar-refractivity contribution in [1.29, 1.82) is 0 Å². The lowest BCUT2D eigenvalue weighted by Gasteiger charge is -2.36. The van der Waals surface area contributed by atoms with Crippen molar-refractivity contribution in [3.8, 4) is 0 Å². The molecule has 1 aliphatic rings. The Labute approximate surface area is 98.2 Å². The number of aliphatic hydroxyl groups is 1. The fourth-order valence-corrected chi connectivity index (χ4v) is 2.50. The van der Waals surface area contributed by atoms with Crippen LogP contribution in [0.3, 0.4) is 0 Å². The lowest BCUT2D eigenvalue weighted by molar-refractivity contribution is -0.164. The van der Waals surface area contributed by atoms with Crippen LogP contribution in [-0.4, -0.2) is 23.3 Å². The molecule has 3 nitrogen and oxygen atoms in total. The minimum Gasteiger partial charge on any atom is -0.460 e. The summed E-state index contributed by atoms with van der Waals surface area (Å²) < 4.78 is 5.41. The van der Waals surface area contributed by atoms with Crippen molar-refractivity contribution in [2.24, 2.45) is 17.8 Å². The molecule has 4 atom stereocenters. The van der Waals surface area contributed by atoms with Crippen LogP contribution >= 0.6 is 0 Å². The van der Waals surface area contributed by atoms with Gasteiger partial charge in [0.25, 0.3) is 0 Å². The van der Waals surface area contributed by atoms with Crippen LogP contribution in [0.15, 0.2) is 0 Å². The van der Waals surface area contributed by atoms with Gasteiger partial charge in [-0.15, -0.1) is 0 Å². The predicted octanol–water partition coefficient (Wildman–Crippen LogP) is 2.37. The number of esters is 1. The molecule has 0 aromatic rings. The maximum Gasteiger partial charge on any atom is 0.334 e. The molecule has 0 amide bonds. The molecule has 1 N–H and O–H groups in total.